The minimum absolute atomic E-state index is 0.594. The molecule has 12 heteroatoms. The van der Waals surface area contributed by atoms with Crippen LogP contribution >= 0.6 is 7.82 Å². The number of aromatic amines is 1. The lowest BCUT2D eigenvalue weighted by molar-refractivity contribution is -0.217. The fraction of sp³-hybridized carbons (Fsp3) is 0.636. The number of nitrogens with one attached hydrogen (secondary N) is 1. The minimum Gasteiger partial charge on any atom is -0.387 e. The second kappa shape index (κ2) is 5.35. The summed E-state index contributed by atoms with van der Waals surface area (Å²) in [5.41, 5.74) is -2.89. The number of aliphatic hydroxyl groups is 1. The van der Waals surface area contributed by atoms with Crippen LogP contribution in [-0.4, -0.2) is 55.0 Å². The Morgan fingerprint density at radius 3 is 2.78 bits per heavy atom. The molecule has 5 atom stereocenters. The van der Waals surface area contributed by atoms with Crippen molar-refractivity contribution < 1.29 is 33.5 Å². The molecule has 0 unspecified atom stereocenters. The van der Waals surface area contributed by atoms with Crippen molar-refractivity contribution in [3.63, 3.8) is 0 Å². The summed E-state index contributed by atoms with van der Waals surface area (Å²) in [7, 11) is -4.78. The predicted octanol–water partition coefficient (Wildman–Crippen LogP) is -1.94. The number of rotatable bonds is 4. The van der Waals surface area contributed by atoms with Crippen LogP contribution in [0.1, 0.15) is 13.2 Å². The molecule has 1 aromatic heterocycles. The predicted molar refractivity (Wildman–Crippen MR) is 72.5 cm³/mol. The maximum atomic E-state index is 11.8. The molecule has 0 amide bonds. The van der Waals surface area contributed by atoms with Gasteiger partial charge in [-0.2, -0.15) is 0 Å². The highest BCUT2D eigenvalue weighted by atomic mass is 31.2. The Morgan fingerprint density at radius 1 is 1.48 bits per heavy atom. The summed E-state index contributed by atoms with van der Waals surface area (Å²) in [6.45, 7) is 0.933. The molecule has 1 aromatic rings. The first-order valence-corrected chi connectivity index (χ1v) is 8.20. The van der Waals surface area contributed by atoms with E-state index in [-0.39, 0.29) is 0 Å². The first-order valence-electron chi connectivity index (χ1n) is 6.67. The van der Waals surface area contributed by atoms with Crippen LogP contribution in [-0.2, 0) is 18.6 Å². The number of hydrogen-bond acceptors (Lipinski definition) is 7. The molecule has 128 valence electrons. The van der Waals surface area contributed by atoms with Gasteiger partial charge in [0.15, 0.2) is 6.23 Å². The highest BCUT2D eigenvalue weighted by Gasteiger charge is 2.66. The van der Waals surface area contributed by atoms with Gasteiger partial charge >= 0.3 is 13.5 Å². The first kappa shape index (κ1) is 16.5. The topological polar surface area (TPSA) is 160 Å². The van der Waals surface area contributed by atoms with Crippen LogP contribution in [0.15, 0.2) is 21.9 Å². The number of hydrogen-bond donors (Lipinski definition) is 4. The Kier molecular flexibility index (Phi) is 3.84. The van der Waals surface area contributed by atoms with E-state index in [2.05, 4.69) is 4.52 Å². The van der Waals surface area contributed by atoms with Gasteiger partial charge in [-0.3, -0.25) is 18.9 Å². The van der Waals surface area contributed by atoms with Crippen LogP contribution in [0.3, 0.4) is 0 Å². The number of ether oxygens (including phenoxy) is 2. The first-order chi connectivity index (χ1) is 10.6. The number of fused-ring (bicyclic) bond motifs is 2. The molecule has 23 heavy (non-hydrogen) atoms. The molecule has 0 spiro atoms. The molecule has 0 radical (unpaired) electrons. The van der Waals surface area contributed by atoms with Crippen LogP contribution in [0, 0.1) is 0 Å². The molecule has 11 nitrogen and oxygen atoms in total. The van der Waals surface area contributed by atoms with Gasteiger partial charge in [0.25, 0.3) is 5.56 Å². The van der Waals surface area contributed by atoms with E-state index < -0.39 is 55.8 Å². The van der Waals surface area contributed by atoms with Crippen molar-refractivity contribution in [2.45, 2.75) is 37.1 Å². The summed E-state index contributed by atoms with van der Waals surface area (Å²) in [5.74, 6) is 0. The van der Waals surface area contributed by atoms with Gasteiger partial charge in [0, 0.05) is 12.3 Å². The summed E-state index contributed by atoms with van der Waals surface area (Å²) in [6, 6.07) is 1.10. The van der Waals surface area contributed by atoms with Crippen molar-refractivity contribution in [2.75, 3.05) is 6.61 Å². The maximum absolute atomic E-state index is 11.8. The van der Waals surface area contributed by atoms with Crippen molar-refractivity contribution in [3.05, 3.63) is 33.1 Å². The summed E-state index contributed by atoms with van der Waals surface area (Å²) < 4.78 is 27.6. The minimum atomic E-state index is -4.78. The SMILES string of the molecule is C[C@H]1O[C@H]2[C@H](n3ccc(=O)[nH]c3=O)O[C@]1(COP(=O)(O)O)[C@H]2O. The van der Waals surface area contributed by atoms with Gasteiger partial charge in [-0.1, -0.05) is 0 Å². The van der Waals surface area contributed by atoms with Crippen LogP contribution in [0.4, 0.5) is 0 Å². The monoisotopic (exact) mass is 350 g/mol. The van der Waals surface area contributed by atoms with Crippen LogP contribution in [0.25, 0.3) is 0 Å². The molecule has 0 aliphatic carbocycles. The molecule has 3 rings (SSSR count). The summed E-state index contributed by atoms with van der Waals surface area (Å²) in [5, 5.41) is 10.4. The van der Waals surface area contributed by atoms with Gasteiger partial charge in [-0.15, -0.1) is 0 Å². The Morgan fingerprint density at radius 2 is 2.17 bits per heavy atom. The fourth-order valence-corrected chi connectivity index (χ4v) is 3.26. The average Bonchev–Trinajstić information content (AvgIpc) is 2.83. The van der Waals surface area contributed by atoms with Crippen molar-refractivity contribution in [1.82, 2.24) is 9.55 Å². The average molecular weight is 350 g/mol. The Bertz CT molecular complexity index is 769. The molecule has 2 fully saturated rings. The Labute approximate surface area is 128 Å². The molecule has 2 aliphatic heterocycles. The second-order valence-electron chi connectivity index (χ2n) is 5.43. The summed E-state index contributed by atoms with van der Waals surface area (Å²) in [4.78, 5) is 42.7. The number of nitrogens with zero attached hydrogens (tertiary/aromatic N) is 1. The van der Waals surface area contributed by atoms with Crippen molar-refractivity contribution in [2.24, 2.45) is 0 Å². The van der Waals surface area contributed by atoms with Gasteiger partial charge in [-0.05, 0) is 6.92 Å². The molecule has 0 saturated carbocycles. The van der Waals surface area contributed by atoms with Gasteiger partial charge in [-0.25, -0.2) is 9.36 Å². The lowest BCUT2D eigenvalue weighted by atomic mass is 9.94. The zero-order valence-corrected chi connectivity index (χ0v) is 12.8. The largest absolute Gasteiger partial charge is 0.469 e. The molecule has 2 aliphatic rings. The zero-order chi connectivity index (χ0) is 17.0. The smallest absolute Gasteiger partial charge is 0.387 e. The lowest BCUT2D eigenvalue weighted by Crippen LogP contribution is -2.50. The van der Waals surface area contributed by atoms with E-state index in [9.17, 15) is 19.3 Å². The Balaban J connectivity index is 1.92. The van der Waals surface area contributed by atoms with E-state index in [1.807, 2.05) is 4.98 Å². The normalized spacial score (nSPS) is 36.5. The van der Waals surface area contributed by atoms with E-state index in [1.165, 1.54) is 6.20 Å². The molecular formula is C11H15N2O9P. The van der Waals surface area contributed by atoms with Crippen LogP contribution in [0.2, 0.25) is 0 Å². The van der Waals surface area contributed by atoms with Crippen LogP contribution < -0.4 is 11.2 Å². The molecular weight excluding hydrogens is 335 g/mol. The zero-order valence-electron chi connectivity index (χ0n) is 11.9. The van der Waals surface area contributed by atoms with E-state index in [0.29, 0.717) is 0 Å². The standard InChI is InChI=1S/C11H15N2O9P/c1-5-11(4-20-23(17,18)19)8(15)7(21-5)9(22-11)13-3-2-6(14)12-10(13)16/h2-3,5,7-9,15H,4H2,1H3,(H,12,14,16)(H2,17,18,19)/t5-,7-,8+,9-,11+/m1/s1. The Hall–Kier alpha value is -1.33. The molecule has 2 bridgehead atoms. The third-order valence-electron chi connectivity index (χ3n) is 4.07. The maximum Gasteiger partial charge on any atom is 0.469 e. The molecule has 4 N–H and O–H groups in total. The van der Waals surface area contributed by atoms with E-state index in [1.54, 1.807) is 6.92 Å². The van der Waals surface area contributed by atoms with Gasteiger partial charge in [0.05, 0.1) is 12.7 Å². The summed E-state index contributed by atoms with van der Waals surface area (Å²) >= 11 is 0. The number of H-pyrrole nitrogens is 1. The van der Waals surface area contributed by atoms with Gasteiger partial charge in [0.2, 0.25) is 0 Å². The number of aliphatic hydroxyl groups excluding tert-OH is 1. The second-order valence-corrected chi connectivity index (χ2v) is 6.67. The van der Waals surface area contributed by atoms with Crippen molar-refractivity contribution in [3.8, 4) is 0 Å². The van der Waals surface area contributed by atoms with Crippen molar-refractivity contribution >= 4 is 7.82 Å². The highest BCUT2D eigenvalue weighted by molar-refractivity contribution is 7.46. The third kappa shape index (κ3) is 2.70. The van der Waals surface area contributed by atoms with E-state index >= 15 is 0 Å². The van der Waals surface area contributed by atoms with Crippen LogP contribution in [0.5, 0.6) is 0 Å². The fourth-order valence-electron chi connectivity index (χ4n) is 2.89. The third-order valence-corrected chi connectivity index (χ3v) is 4.53. The molecule has 2 saturated heterocycles. The van der Waals surface area contributed by atoms with Crippen molar-refractivity contribution in [1.29, 1.82) is 0 Å². The summed E-state index contributed by atoms with van der Waals surface area (Å²) in [6.07, 6.45) is -2.82. The number of aromatic nitrogens is 2. The lowest BCUT2D eigenvalue weighted by Gasteiger charge is -2.35. The quantitative estimate of drug-likeness (QED) is 0.453. The van der Waals surface area contributed by atoms with E-state index in [4.69, 9.17) is 19.3 Å². The molecule has 3 heterocycles. The van der Waals surface area contributed by atoms with Gasteiger partial charge < -0.3 is 24.4 Å². The highest BCUT2D eigenvalue weighted by Crippen LogP contribution is 2.50. The van der Waals surface area contributed by atoms with Gasteiger partial charge in [0.1, 0.15) is 17.8 Å². The van der Waals surface area contributed by atoms with E-state index in [0.717, 1.165) is 10.6 Å². The number of phosphoric acid groups is 1. The number of phosphoric ester groups is 1. The molecule has 0 aromatic carbocycles.